The molecule has 0 aliphatic carbocycles. The van der Waals surface area contributed by atoms with Crippen molar-refractivity contribution in [3.63, 3.8) is 0 Å². The molecule has 22 heavy (non-hydrogen) atoms. The third-order valence-corrected chi connectivity index (χ3v) is 6.48. The Morgan fingerprint density at radius 2 is 1.91 bits per heavy atom. The molecule has 122 valence electrons. The second-order valence-electron chi connectivity index (χ2n) is 5.71. The highest BCUT2D eigenvalue weighted by Gasteiger charge is 2.37. The van der Waals surface area contributed by atoms with Crippen LogP contribution < -0.4 is 0 Å². The summed E-state index contributed by atoms with van der Waals surface area (Å²) >= 11 is 0. The number of amides is 1. The number of hydrogen-bond acceptors (Lipinski definition) is 5. The zero-order chi connectivity index (χ0) is 15.9. The number of sulfonamides is 1. The van der Waals surface area contributed by atoms with Gasteiger partial charge in [0.05, 0.1) is 17.9 Å². The van der Waals surface area contributed by atoms with E-state index >= 15 is 0 Å². The Balaban J connectivity index is 1.72. The Hall–Kier alpha value is -1.61. The van der Waals surface area contributed by atoms with Crippen molar-refractivity contribution in [1.29, 1.82) is 0 Å². The maximum absolute atomic E-state index is 12.7. The molecule has 2 aliphatic heterocycles. The summed E-state index contributed by atoms with van der Waals surface area (Å²) in [5.41, 5.74) is 1.05. The number of piperidine rings is 1. The van der Waals surface area contributed by atoms with Crippen LogP contribution in [0.15, 0.2) is 4.90 Å². The molecule has 0 unspecified atom stereocenters. The fourth-order valence-electron chi connectivity index (χ4n) is 3.18. The Morgan fingerprint density at radius 3 is 2.41 bits per heavy atom. The number of H-pyrrole nitrogens is 1. The van der Waals surface area contributed by atoms with Crippen molar-refractivity contribution in [2.24, 2.45) is 0 Å². The third kappa shape index (κ3) is 2.48. The Bertz CT molecular complexity index is 657. The standard InChI is InChI=1S/C13H20N4O4S/c1-9-12(10(2)15-14-9)22(19,20)16-5-3-11(4-6-16)17-7-8-21-13(17)18/h11H,3-8H2,1-2H3,(H,14,15). The lowest BCUT2D eigenvalue weighted by molar-refractivity contribution is 0.134. The Morgan fingerprint density at radius 1 is 1.23 bits per heavy atom. The number of nitrogens with zero attached hydrogens (tertiary/aromatic N) is 3. The number of aromatic amines is 1. The summed E-state index contributed by atoms with van der Waals surface area (Å²) < 4.78 is 31.9. The molecule has 0 atom stereocenters. The predicted molar refractivity (Wildman–Crippen MR) is 77.9 cm³/mol. The molecular formula is C13H20N4O4S. The van der Waals surface area contributed by atoms with E-state index in [4.69, 9.17) is 4.74 Å². The molecule has 9 heteroatoms. The lowest BCUT2D eigenvalue weighted by Crippen LogP contribution is -2.47. The van der Waals surface area contributed by atoms with E-state index in [-0.39, 0.29) is 17.0 Å². The van der Waals surface area contributed by atoms with Crippen LogP contribution in [-0.2, 0) is 14.8 Å². The van der Waals surface area contributed by atoms with E-state index in [2.05, 4.69) is 10.2 Å². The largest absolute Gasteiger partial charge is 0.448 e. The number of nitrogens with one attached hydrogen (secondary N) is 1. The molecule has 2 saturated heterocycles. The lowest BCUT2D eigenvalue weighted by Gasteiger charge is -2.34. The van der Waals surface area contributed by atoms with Crippen molar-refractivity contribution >= 4 is 16.1 Å². The minimum Gasteiger partial charge on any atom is -0.448 e. The fourth-order valence-corrected chi connectivity index (χ4v) is 4.98. The second-order valence-corrected chi connectivity index (χ2v) is 7.58. The average Bonchev–Trinajstić information content (AvgIpc) is 3.05. The van der Waals surface area contributed by atoms with Gasteiger partial charge in [-0.2, -0.15) is 9.40 Å². The van der Waals surface area contributed by atoms with Gasteiger partial charge in [-0.3, -0.25) is 5.10 Å². The number of hydrogen-bond donors (Lipinski definition) is 1. The number of ether oxygens (including phenoxy) is 1. The fraction of sp³-hybridized carbons (Fsp3) is 0.692. The zero-order valence-corrected chi connectivity index (χ0v) is 13.5. The Kier molecular flexibility index (Phi) is 3.85. The summed E-state index contributed by atoms with van der Waals surface area (Å²) in [5.74, 6) is 0. The van der Waals surface area contributed by atoms with E-state index < -0.39 is 10.0 Å². The number of rotatable bonds is 3. The normalized spacial score (nSPS) is 21.4. The second kappa shape index (κ2) is 5.54. The molecule has 2 fully saturated rings. The minimum atomic E-state index is -3.54. The summed E-state index contributed by atoms with van der Waals surface area (Å²) in [5, 5.41) is 6.68. The topological polar surface area (TPSA) is 95.6 Å². The molecule has 0 bridgehead atoms. The van der Waals surface area contributed by atoms with Crippen LogP contribution in [0.4, 0.5) is 4.79 Å². The van der Waals surface area contributed by atoms with Crippen molar-refractivity contribution in [1.82, 2.24) is 19.4 Å². The Labute approximate surface area is 129 Å². The molecule has 1 N–H and O–H groups in total. The average molecular weight is 328 g/mol. The number of carbonyl (C=O) groups excluding carboxylic acids is 1. The maximum atomic E-state index is 12.7. The predicted octanol–water partition coefficient (Wildman–Crippen LogP) is 0.632. The van der Waals surface area contributed by atoms with Crippen molar-refractivity contribution in [2.75, 3.05) is 26.2 Å². The van der Waals surface area contributed by atoms with Crippen LogP contribution >= 0.6 is 0 Å². The van der Waals surface area contributed by atoms with Gasteiger partial charge in [0.2, 0.25) is 10.0 Å². The molecule has 1 aromatic rings. The van der Waals surface area contributed by atoms with Gasteiger partial charge in [-0.15, -0.1) is 0 Å². The van der Waals surface area contributed by atoms with Gasteiger partial charge in [-0.05, 0) is 26.7 Å². The van der Waals surface area contributed by atoms with Crippen LogP contribution in [-0.4, -0.2) is 66.2 Å². The van der Waals surface area contributed by atoms with Gasteiger partial charge in [0.1, 0.15) is 11.5 Å². The number of carbonyl (C=O) groups is 1. The first-order chi connectivity index (χ1) is 10.4. The minimum absolute atomic E-state index is 0.0630. The summed E-state index contributed by atoms with van der Waals surface area (Å²) in [7, 11) is -3.54. The first kappa shape index (κ1) is 15.3. The van der Waals surface area contributed by atoms with E-state index in [0.717, 1.165) is 0 Å². The first-order valence-corrected chi connectivity index (χ1v) is 8.80. The molecule has 1 amide bonds. The maximum Gasteiger partial charge on any atom is 0.410 e. The quantitative estimate of drug-likeness (QED) is 0.878. The van der Waals surface area contributed by atoms with E-state index in [9.17, 15) is 13.2 Å². The molecule has 8 nitrogen and oxygen atoms in total. The number of aromatic nitrogens is 2. The van der Waals surface area contributed by atoms with Crippen LogP contribution in [0.3, 0.4) is 0 Å². The zero-order valence-electron chi connectivity index (χ0n) is 12.7. The monoisotopic (exact) mass is 328 g/mol. The SMILES string of the molecule is Cc1n[nH]c(C)c1S(=O)(=O)N1CCC(N2CCOC2=O)CC1. The van der Waals surface area contributed by atoms with E-state index in [1.165, 1.54) is 4.31 Å². The van der Waals surface area contributed by atoms with Gasteiger partial charge in [0.25, 0.3) is 0 Å². The van der Waals surface area contributed by atoms with E-state index in [1.807, 2.05) is 0 Å². The van der Waals surface area contributed by atoms with E-state index in [1.54, 1.807) is 18.7 Å². The van der Waals surface area contributed by atoms with Crippen LogP contribution in [0.2, 0.25) is 0 Å². The summed E-state index contributed by atoms with van der Waals surface area (Å²) in [6.45, 7) is 5.21. The van der Waals surface area contributed by atoms with Crippen molar-refractivity contribution in [3.8, 4) is 0 Å². The van der Waals surface area contributed by atoms with Crippen LogP contribution in [0, 0.1) is 13.8 Å². The van der Waals surface area contributed by atoms with Gasteiger partial charge in [-0.25, -0.2) is 13.2 Å². The van der Waals surface area contributed by atoms with Crippen molar-refractivity contribution in [3.05, 3.63) is 11.4 Å². The highest BCUT2D eigenvalue weighted by Crippen LogP contribution is 2.27. The third-order valence-electron chi connectivity index (χ3n) is 4.31. The molecule has 0 aromatic carbocycles. The van der Waals surface area contributed by atoms with Gasteiger partial charge >= 0.3 is 6.09 Å². The molecule has 3 rings (SSSR count). The molecular weight excluding hydrogens is 308 g/mol. The first-order valence-electron chi connectivity index (χ1n) is 7.36. The molecule has 0 spiro atoms. The molecule has 2 aliphatic rings. The molecule has 0 saturated carbocycles. The highest BCUT2D eigenvalue weighted by molar-refractivity contribution is 7.89. The summed E-state index contributed by atoms with van der Waals surface area (Å²) in [4.78, 5) is 13.6. The number of cyclic esters (lactones) is 1. The lowest BCUT2D eigenvalue weighted by atomic mass is 10.1. The molecule has 1 aromatic heterocycles. The van der Waals surface area contributed by atoms with Crippen LogP contribution in [0.5, 0.6) is 0 Å². The van der Waals surface area contributed by atoms with Crippen molar-refractivity contribution in [2.45, 2.75) is 37.6 Å². The highest BCUT2D eigenvalue weighted by atomic mass is 32.2. The van der Waals surface area contributed by atoms with Gasteiger partial charge < -0.3 is 9.64 Å². The van der Waals surface area contributed by atoms with Crippen LogP contribution in [0.25, 0.3) is 0 Å². The van der Waals surface area contributed by atoms with Crippen molar-refractivity contribution < 1.29 is 17.9 Å². The van der Waals surface area contributed by atoms with Crippen LogP contribution in [0.1, 0.15) is 24.2 Å². The van der Waals surface area contributed by atoms with Gasteiger partial charge in [0, 0.05) is 19.1 Å². The molecule has 0 radical (unpaired) electrons. The van der Waals surface area contributed by atoms with E-state index in [0.29, 0.717) is 50.5 Å². The smallest absolute Gasteiger partial charge is 0.410 e. The summed E-state index contributed by atoms with van der Waals surface area (Å²) in [6, 6.07) is 0.0630. The summed E-state index contributed by atoms with van der Waals surface area (Å²) in [6.07, 6.45) is 0.969. The molecule has 3 heterocycles. The van der Waals surface area contributed by atoms with Gasteiger partial charge in [-0.1, -0.05) is 0 Å². The number of aryl methyl sites for hydroxylation is 2. The van der Waals surface area contributed by atoms with Gasteiger partial charge in [0.15, 0.2) is 0 Å².